The second-order valence-corrected chi connectivity index (χ2v) is 6.73. The van der Waals surface area contributed by atoms with Crippen molar-refractivity contribution in [2.75, 3.05) is 0 Å². The van der Waals surface area contributed by atoms with Gasteiger partial charge in [0.1, 0.15) is 18.1 Å². The quantitative estimate of drug-likeness (QED) is 0.692. The van der Waals surface area contributed by atoms with Gasteiger partial charge in [0, 0.05) is 18.4 Å². The van der Waals surface area contributed by atoms with Gasteiger partial charge < -0.3 is 14.6 Å². The summed E-state index contributed by atoms with van der Waals surface area (Å²) in [6, 6.07) is 7.76. The number of amides is 1. The van der Waals surface area contributed by atoms with E-state index in [1.54, 1.807) is 17.8 Å². The minimum Gasteiger partial charge on any atom is -0.488 e. The van der Waals surface area contributed by atoms with Crippen LogP contribution in [0.1, 0.15) is 39.9 Å². The number of nitrogens with zero attached hydrogens (tertiary/aromatic N) is 3. The number of carbonyl (C=O) groups excluding carboxylic acids is 1. The number of nitrogens with one attached hydrogen (secondary N) is 1. The summed E-state index contributed by atoms with van der Waals surface area (Å²) < 4.78 is 12.9. The van der Waals surface area contributed by atoms with Crippen LogP contribution in [0.5, 0.6) is 5.75 Å². The summed E-state index contributed by atoms with van der Waals surface area (Å²) in [4.78, 5) is 12.6. The number of carbonyl (C=O) groups is 1. The van der Waals surface area contributed by atoms with E-state index in [-0.39, 0.29) is 24.2 Å². The van der Waals surface area contributed by atoms with Crippen molar-refractivity contribution in [1.82, 2.24) is 20.3 Å². The molecule has 3 rings (SSSR count). The lowest BCUT2D eigenvalue weighted by Crippen LogP contribution is -2.36. The monoisotopic (exact) mass is 368 g/mol. The largest absolute Gasteiger partial charge is 0.488 e. The zero-order valence-electron chi connectivity index (χ0n) is 16.0. The van der Waals surface area contributed by atoms with Gasteiger partial charge in [-0.3, -0.25) is 9.48 Å². The molecule has 1 unspecified atom stereocenters. The zero-order chi connectivity index (χ0) is 19.4. The Morgan fingerprint density at radius 3 is 2.89 bits per heavy atom. The molecule has 0 aliphatic carbocycles. The number of hydrogen-bond donors (Lipinski definition) is 1. The van der Waals surface area contributed by atoms with E-state index in [2.05, 4.69) is 15.6 Å². The molecule has 7 heteroatoms. The molecule has 0 saturated heterocycles. The number of hydrogen-bond acceptors (Lipinski definition) is 5. The predicted molar refractivity (Wildman–Crippen MR) is 101 cm³/mol. The molecule has 0 fully saturated rings. The first-order valence-corrected chi connectivity index (χ1v) is 8.87. The van der Waals surface area contributed by atoms with Crippen LogP contribution < -0.4 is 10.1 Å². The van der Waals surface area contributed by atoms with Crippen LogP contribution in [0.2, 0.25) is 0 Å². The number of aromatic nitrogens is 3. The van der Waals surface area contributed by atoms with E-state index >= 15 is 0 Å². The number of aryl methyl sites for hydroxylation is 3. The van der Waals surface area contributed by atoms with Gasteiger partial charge >= 0.3 is 0 Å². The molecule has 0 radical (unpaired) electrons. The van der Waals surface area contributed by atoms with Gasteiger partial charge in [-0.1, -0.05) is 17.3 Å². The highest BCUT2D eigenvalue weighted by Gasteiger charge is 2.22. The summed E-state index contributed by atoms with van der Waals surface area (Å²) in [5.74, 6) is 1.07. The molecule has 1 atom stereocenters. The molecular formula is C20H24N4O3. The lowest BCUT2D eigenvalue weighted by atomic mass is 10.1. The van der Waals surface area contributed by atoms with Crippen molar-refractivity contribution in [3.8, 4) is 5.75 Å². The summed E-state index contributed by atoms with van der Waals surface area (Å²) in [7, 11) is 0. The molecule has 0 bridgehead atoms. The fourth-order valence-corrected chi connectivity index (χ4v) is 2.78. The van der Waals surface area contributed by atoms with E-state index in [9.17, 15) is 4.79 Å². The van der Waals surface area contributed by atoms with Gasteiger partial charge in [-0.25, -0.2) is 0 Å². The van der Waals surface area contributed by atoms with Crippen LogP contribution in [0.15, 0.2) is 41.2 Å². The second-order valence-electron chi connectivity index (χ2n) is 6.73. The van der Waals surface area contributed by atoms with Gasteiger partial charge in [-0.05, 0) is 51.0 Å². The number of ether oxygens (including phenoxy) is 1. The van der Waals surface area contributed by atoms with Crippen molar-refractivity contribution < 1.29 is 14.1 Å². The predicted octanol–water partition coefficient (Wildman–Crippen LogP) is 3.19. The number of rotatable bonds is 7. The van der Waals surface area contributed by atoms with Gasteiger partial charge in [0.15, 0.2) is 5.69 Å². The molecule has 3 aromatic rings. The van der Waals surface area contributed by atoms with Gasteiger partial charge in [-0.15, -0.1) is 0 Å². The van der Waals surface area contributed by atoms with E-state index in [1.165, 1.54) is 0 Å². The molecule has 2 heterocycles. The molecular weight excluding hydrogens is 344 g/mol. The Hall–Kier alpha value is -3.09. The highest BCUT2D eigenvalue weighted by Crippen LogP contribution is 2.22. The average Bonchev–Trinajstić information content (AvgIpc) is 3.25. The minimum atomic E-state index is -0.286. The molecule has 1 aromatic carbocycles. The fourth-order valence-electron chi connectivity index (χ4n) is 2.78. The van der Waals surface area contributed by atoms with Crippen LogP contribution in [0.25, 0.3) is 0 Å². The Balaban J connectivity index is 1.68. The molecule has 0 spiro atoms. The van der Waals surface area contributed by atoms with Gasteiger partial charge in [0.25, 0.3) is 5.91 Å². The summed E-state index contributed by atoms with van der Waals surface area (Å²) in [6.45, 7) is 8.48. The van der Waals surface area contributed by atoms with E-state index in [1.807, 2.05) is 51.2 Å². The molecule has 0 saturated carbocycles. The van der Waals surface area contributed by atoms with Gasteiger partial charge in [-0.2, -0.15) is 5.10 Å². The van der Waals surface area contributed by atoms with Gasteiger partial charge in [0.05, 0.1) is 12.1 Å². The van der Waals surface area contributed by atoms with Crippen LogP contribution in [-0.2, 0) is 13.2 Å². The van der Waals surface area contributed by atoms with Crippen LogP contribution >= 0.6 is 0 Å². The van der Waals surface area contributed by atoms with Gasteiger partial charge in [0.2, 0.25) is 0 Å². The normalized spacial score (nSPS) is 12.0. The average molecular weight is 368 g/mol. The third kappa shape index (κ3) is 4.55. The maximum absolute atomic E-state index is 12.6. The third-order valence-electron chi connectivity index (χ3n) is 4.31. The molecule has 2 aromatic heterocycles. The van der Waals surface area contributed by atoms with Crippen molar-refractivity contribution in [2.45, 2.75) is 46.9 Å². The molecule has 0 aliphatic heterocycles. The standard InChI is InChI=1S/C20H24N4O3/c1-13-6-7-14(2)18(10-13)26-12-17-16(4)27-23-19(17)20(25)22-15(3)11-24-9-5-8-21-24/h5-10,15H,11-12H2,1-4H3,(H,22,25). The summed E-state index contributed by atoms with van der Waals surface area (Å²) in [5.41, 5.74) is 3.06. The maximum atomic E-state index is 12.6. The topological polar surface area (TPSA) is 82.2 Å². The summed E-state index contributed by atoms with van der Waals surface area (Å²) >= 11 is 0. The summed E-state index contributed by atoms with van der Waals surface area (Å²) in [6.07, 6.45) is 3.56. The lowest BCUT2D eigenvalue weighted by molar-refractivity contribution is 0.0924. The van der Waals surface area contributed by atoms with Crippen molar-refractivity contribution in [1.29, 1.82) is 0 Å². The SMILES string of the molecule is Cc1ccc(C)c(OCc2c(C(=O)NC(C)Cn3cccn3)noc2C)c1. The highest BCUT2D eigenvalue weighted by molar-refractivity contribution is 5.93. The van der Waals surface area contributed by atoms with E-state index in [4.69, 9.17) is 9.26 Å². The smallest absolute Gasteiger partial charge is 0.274 e. The first-order valence-electron chi connectivity index (χ1n) is 8.87. The van der Waals surface area contributed by atoms with E-state index in [0.717, 1.165) is 16.9 Å². The molecule has 0 aliphatic rings. The Bertz CT molecular complexity index is 915. The van der Waals surface area contributed by atoms with Crippen LogP contribution in [0, 0.1) is 20.8 Å². The molecule has 142 valence electrons. The maximum Gasteiger partial charge on any atom is 0.274 e. The first-order chi connectivity index (χ1) is 12.9. The van der Waals surface area contributed by atoms with E-state index < -0.39 is 0 Å². The molecule has 27 heavy (non-hydrogen) atoms. The van der Waals surface area contributed by atoms with Crippen molar-refractivity contribution in [3.05, 3.63) is 64.8 Å². The minimum absolute atomic E-state index is 0.109. The molecule has 7 nitrogen and oxygen atoms in total. The third-order valence-corrected chi connectivity index (χ3v) is 4.31. The summed E-state index contributed by atoms with van der Waals surface area (Å²) in [5, 5.41) is 11.0. The van der Waals surface area contributed by atoms with E-state index in [0.29, 0.717) is 17.9 Å². The zero-order valence-corrected chi connectivity index (χ0v) is 16.0. The number of benzene rings is 1. The molecule has 1 amide bonds. The van der Waals surface area contributed by atoms with Crippen LogP contribution in [-0.4, -0.2) is 26.9 Å². The first kappa shape index (κ1) is 18.7. The van der Waals surface area contributed by atoms with Crippen LogP contribution in [0.4, 0.5) is 0 Å². The Morgan fingerprint density at radius 2 is 2.15 bits per heavy atom. The van der Waals surface area contributed by atoms with Crippen molar-refractivity contribution >= 4 is 5.91 Å². The fraction of sp³-hybridized carbons (Fsp3) is 0.350. The Morgan fingerprint density at radius 1 is 1.33 bits per heavy atom. The Kier molecular flexibility index (Phi) is 5.59. The lowest BCUT2D eigenvalue weighted by Gasteiger charge is -2.14. The Labute approximate surface area is 158 Å². The highest BCUT2D eigenvalue weighted by atomic mass is 16.5. The van der Waals surface area contributed by atoms with Crippen molar-refractivity contribution in [3.63, 3.8) is 0 Å². The van der Waals surface area contributed by atoms with Crippen molar-refractivity contribution in [2.24, 2.45) is 0 Å². The van der Waals surface area contributed by atoms with Crippen LogP contribution in [0.3, 0.4) is 0 Å². The second kappa shape index (κ2) is 8.07. The molecule has 1 N–H and O–H groups in total.